The standard InChI is InChI=1S/C20H28N6O3S.HI/c1-21-20(26-11-9-25(10-12-26)15-18-8-13-29-23-18)22-14-16-2-6-19(7-3-16)30(27,28)24-17-4-5-17;/h2-3,6-8,13,17,24H,4-5,9-12,14-15H2,1H3,(H,21,22);1H. The van der Waals surface area contributed by atoms with Crippen LogP contribution in [0.3, 0.4) is 0 Å². The van der Waals surface area contributed by atoms with Crippen molar-refractivity contribution >= 4 is 40.0 Å². The van der Waals surface area contributed by atoms with Gasteiger partial charge in [-0.25, -0.2) is 13.1 Å². The number of nitrogens with zero attached hydrogens (tertiary/aromatic N) is 4. The van der Waals surface area contributed by atoms with E-state index in [1.54, 1.807) is 25.4 Å². The Bertz CT molecular complexity index is 953. The summed E-state index contributed by atoms with van der Waals surface area (Å²) in [7, 11) is -1.63. The van der Waals surface area contributed by atoms with E-state index in [1.165, 1.54) is 0 Å². The first-order valence-corrected chi connectivity index (χ1v) is 11.7. The van der Waals surface area contributed by atoms with Crippen LogP contribution >= 0.6 is 24.0 Å². The third-order valence-corrected chi connectivity index (χ3v) is 6.88. The van der Waals surface area contributed by atoms with E-state index in [0.29, 0.717) is 11.4 Å². The molecular formula is C20H29IN6O3S. The van der Waals surface area contributed by atoms with Crippen LogP contribution in [-0.4, -0.2) is 68.6 Å². The minimum Gasteiger partial charge on any atom is -0.364 e. The molecule has 11 heteroatoms. The van der Waals surface area contributed by atoms with Gasteiger partial charge in [-0.15, -0.1) is 24.0 Å². The van der Waals surface area contributed by atoms with E-state index in [2.05, 4.69) is 30.0 Å². The Morgan fingerprint density at radius 3 is 2.45 bits per heavy atom. The molecule has 0 radical (unpaired) electrons. The van der Waals surface area contributed by atoms with E-state index in [-0.39, 0.29) is 30.0 Å². The second kappa shape index (κ2) is 10.7. The van der Waals surface area contributed by atoms with Crippen molar-refractivity contribution in [3.05, 3.63) is 47.9 Å². The molecule has 0 atom stereocenters. The van der Waals surface area contributed by atoms with Crippen molar-refractivity contribution in [2.24, 2.45) is 4.99 Å². The molecule has 0 bridgehead atoms. The molecule has 1 aliphatic carbocycles. The summed E-state index contributed by atoms with van der Waals surface area (Å²) < 4.78 is 32.1. The Hall–Kier alpha value is -1.70. The van der Waals surface area contributed by atoms with Gasteiger partial charge in [-0.2, -0.15) is 0 Å². The molecule has 2 aliphatic rings. The lowest BCUT2D eigenvalue weighted by molar-refractivity contribution is 0.169. The molecule has 1 aliphatic heterocycles. The van der Waals surface area contributed by atoms with Crippen LogP contribution in [0, 0.1) is 0 Å². The van der Waals surface area contributed by atoms with Gasteiger partial charge in [-0.05, 0) is 30.5 Å². The molecule has 2 aromatic rings. The number of rotatable bonds is 7. The molecule has 0 amide bonds. The van der Waals surface area contributed by atoms with Gasteiger partial charge >= 0.3 is 0 Å². The first-order valence-electron chi connectivity index (χ1n) is 10.2. The number of piperazine rings is 1. The van der Waals surface area contributed by atoms with Crippen molar-refractivity contribution in [2.75, 3.05) is 33.2 Å². The van der Waals surface area contributed by atoms with E-state index in [9.17, 15) is 8.42 Å². The first kappa shape index (κ1) is 24.0. The summed E-state index contributed by atoms with van der Waals surface area (Å²) in [6.07, 6.45) is 3.45. The zero-order valence-electron chi connectivity index (χ0n) is 17.5. The second-order valence-electron chi connectivity index (χ2n) is 7.69. The maximum atomic E-state index is 12.3. The zero-order chi connectivity index (χ0) is 21.0. The van der Waals surface area contributed by atoms with Gasteiger partial charge in [0.05, 0.1) is 10.6 Å². The number of aliphatic imine (C=N–C) groups is 1. The average molecular weight is 560 g/mol. The highest BCUT2D eigenvalue weighted by Crippen LogP contribution is 2.22. The normalized spacial score (nSPS) is 18.0. The van der Waals surface area contributed by atoms with Gasteiger partial charge in [-0.3, -0.25) is 9.89 Å². The number of hydrogen-bond donors (Lipinski definition) is 2. The summed E-state index contributed by atoms with van der Waals surface area (Å²) >= 11 is 0. The summed E-state index contributed by atoms with van der Waals surface area (Å²) in [6, 6.07) is 9.01. The zero-order valence-corrected chi connectivity index (χ0v) is 20.7. The Labute approximate surface area is 200 Å². The maximum Gasteiger partial charge on any atom is 0.240 e. The number of sulfonamides is 1. The van der Waals surface area contributed by atoms with E-state index in [0.717, 1.165) is 62.8 Å². The summed E-state index contributed by atoms with van der Waals surface area (Å²) in [5, 5.41) is 7.36. The van der Waals surface area contributed by atoms with Gasteiger partial charge in [0.15, 0.2) is 5.96 Å². The molecule has 0 unspecified atom stereocenters. The third kappa shape index (κ3) is 6.64. The highest BCUT2D eigenvalue weighted by Gasteiger charge is 2.27. The van der Waals surface area contributed by atoms with Gasteiger partial charge in [-0.1, -0.05) is 17.3 Å². The summed E-state index contributed by atoms with van der Waals surface area (Å²) in [5.41, 5.74) is 1.95. The number of benzene rings is 1. The van der Waals surface area contributed by atoms with Crippen LogP contribution in [0.25, 0.3) is 0 Å². The van der Waals surface area contributed by atoms with E-state index in [4.69, 9.17) is 4.52 Å². The fraction of sp³-hybridized carbons (Fsp3) is 0.500. The molecule has 170 valence electrons. The Balaban J connectivity index is 0.00000272. The Morgan fingerprint density at radius 2 is 1.87 bits per heavy atom. The number of aromatic nitrogens is 1. The summed E-state index contributed by atoms with van der Waals surface area (Å²) in [6.45, 7) is 4.98. The molecule has 1 saturated carbocycles. The van der Waals surface area contributed by atoms with Gasteiger partial charge in [0, 0.05) is 58.4 Å². The van der Waals surface area contributed by atoms with Crippen molar-refractivity contribution in [1.82, 2.24) is 25.0 Å². The van der Waals surface area contributed by atoms with Crippen LogP contribution in [0.5, 0.6) is 0 Å². The van der Waals surface area contributed by atoms with Crippen molar-refractivity contribution < 1.29 is 12.9 Å². The molecule has 0 spiro atoms. The lowest BCUT2D eigenvalue weighted by atomic mass is 10.2. The molecular weight excluding hydrogens is 531 g/mol. The summed E-state index contributed by atoms with van der Waals surface area (Å²) in [5.74, 6) is 0.850. The minimum absolute atomic E-state index is 0. The van der Waals surface area contributed by atoms with Gasteiger partial charge in [0.1, 0.15) is 6.26 Å². The van der Waals surface area contributed by atoms with Crippen LogP contribution < -0.4 is 10.0 Å². The fourth-order valence-electron chi connectivity index (χ4n) is 3.45. The quantitative estimate of drug-likeness (QED) is 0.302. The number of nitrogens with one attached hydrogen (secondary N) is 2. The van der Waals surface area contributed by atoms with E-state index >= 15 is 0 Å². The highest BCUT2D eigenvalue weighted by atomic mass is 127. The number of hydrogen-bond acceptors (Lipinski definition) is 6. The highest BCUT2D eigenvalue weighted by molar-refractivity contribution is 14.0. The van der Waals surface area contributed by atoms with Crippen molar-refractivity contribution in [1.29, 1.82) is 0 Å². The van der Waals surface area contributed by atoms with Crippen molar-refractivity contribution in [3.8, 4) is 0 Å². The number of halogens is 1. The summed E-state index contributed by atoms with van der Waals surface area (Å²) in [4.78, 5) is 9.29. The van der Waals surface area contributed by atoms with E-state index in [1.807, 2.05) is 18.2 Å². The van der Waals surface area contributed by atoms with E-state index < -0.39 is 10.0 Å². The molecule has 2 fully saturated rings. The van der Waals surface area contributed by atoms with Gasteiger partial charge in [0.2, 0.25) is 10.0 Å². The maximum absolute atomic E-state index is 12.3. The molecule has 31 heavy (non-hydrogen) atoms. The Morgan fingerprint density at radius 1 is 1.16 bits per heavy atom. The molecule has 4 rings (SSSR count). The molecule has 1 aromatic heterocycles. The topological polar surface area (TPSA) is 103 Å². The van der Waals surface area contributed by atoms with Crippen LogP contribution in [0.1, 0.15) is 24.1 Å². The lowest BCUT2D eigenvalue weighted by Crippen LogP contribution is -2.52. The largest absolute Gasteiger partial charge is 0.364 e. The molecule has 1 saturated heterocycles. The molecule has 2 N–H and O–H groups in total. The van der Waals surface area contributed by atoms with Crippen LogP contribution in [0.4, 0.5) is 0 Å². The molecule has 1 aromatic carbocycles. The average Bonchev–Trinajstić information content (AvgIpc) is 3.40. The molecule has 9 nitrogen and oxygen atoms in total. The van der Waals surface area contributed by atoms with Crippen molar-refractivity contribution in [2.45, 2.75) is 36.9 Å². The van der Waals surface area contributed by atoms with Crippen LogP contribution in [-0.2, 0) is 23.1 Å². The SMILES string of the molecule is CN=C(NCc1ccc(S(=O)(=O)NC2CC2)cc1)N1CCN(Cc2ccon2)CC1.I. The number of guanidine groups is 1. The Kier molecular flexibility index (Phi) is 8.30. The van der Waals surface area contributed by atoms with Gasteiger partial charge < -0.3 is 14.7 Å². The smallest absolute Gasteiger partial charge is 0.240 e. The third-order valence-electron chi connectivity index (χ3n) is 5.34. The molecule has 2 heterocycles. The fourth-order valence-corrected chi connectivity index (χ4v) is 4.76. The second-order valence-corrected chi connectivity index (χ2v) is 9.41. The minimum atomic E-state index is -3.41. The first-order chi connectivity index (χ1) is 14.5. The predicted molar refractivity (Wildman–Crippen MR) is 129 cm³/mol. The lowest BCUT2D eigenvalue weighted by Gasteiger charge is -2.36. The van der Waals surface area contributed by atoms with Crippen LogP contribution in [0.2, 0.25) is 0 Å². The van der Waals surface area contributed by atoms with Crippen LogP contribution in [0.15, 0.2) is 51.0 Å². The predicted octanol–water partition coefficient (Wildman–Crippen LogP) is 1.63. The van der Waals surface area contributed by atoms with Gasteiger partial charge in [0.25, 0.3) is 0 Å². The monoisotopic (exact) mass is 560 g/mol. The van der Waals surface area contributed by atoms with Crippen molar-refractivity contribution in [3.63, 3.8) is 0 Å².